The molecule has 0 bridgehead atoms. The molecule has 2 aromatic heterocycles. The van der Waals surface area contributed by atoms with E-state index in [4.69, 9.17) is 14.2 Å². The largest absolute Gasteiger partial charge is 0.494 e. The number of methoxy groups -OCH3 is 2. The molecule has 28 heavy (non-hydrogen) atoms. The van der Waals surface area contributed by atoms with E-state index < -0.39 is 0 Å². The third kappa shape index (κ3) is 3.74. The molecule has 0 atom stereocenters. The van der Waals surface area contributed by atoms with Crippen LogP contribution in [0.3, 0.4) is 0 Å². The summed E-state index contributed by atoms with van der Waals surface area (Å²) in [5.41, 5.74) is 2.82. The minimum Gasteiger partial charge on any atom is -0.494 e. The first-order valence-electron chi connectivity index (χ1n) is 8.68. The van der Waals surface area contributed by atoms with Gasteiger partial charge in [-0.25, -0.2) is 9.97 Å². The van der Waals surface area contributed by atoms with Crippen LogP contribution < -0.4 is 19.5 Å². The predicted octanol–water partition coefficient (Wildman–Crippen LogP) is 5.58. The number of benzene rings is 2. The molecular formula is C20H19N3O3S2. The second-order valence-corrected chi connectivity index (χ2v) is 7.70. The van der Waals surface area contributed by atoms with Gasteiger partial charge in [0.2, 0.25) is 0 Å². The van der Waals surface area contributed by atoms with Crippen molar-refractivity contribution in [1.82, 2.24) is 9.97 Å². The normalized spacial score (nSPS) is 10.8. The molecule has 144 valence electrons. The van der Waals surface area contributed by atoms with E-state index >= 15 is 0 Å². The molecule has 0 amide bonds. The molecule has 0 aliphatic carbocycles. The highest BCUT2D eigenvalue weighted by Crippen LogP contribution is 2.37. The van der Waals surface area contributed by atoms with Gasteiger partial charge in [-0.05, 0) is 31.2 Å². The lowest BCUT2D eigenvalue weighted by Gasteiger charge is -2.05. The molecule has 0 radical (unpaired) electrons. The van der Waals surface area contributed by atoms with Crippen LogP contribution in [0.25, 0.3) is 21.5 Å². The highest BCUT2D eigenvalue weighted by atomic mass is 32.1. The van der Waals surface area contributed by atoms with Crippen LogP contribution >= 0.6 is 22.7 Å². The van der Waals surface area contributed by atoms with E-state index in [9.17, 15) is 0 Å². The van der Waals surface area contributed by atoms with Crippen molar-refractivity contribution >= 4 is 43.2 Å². The van der Waals surface area contributed by atoms with E-state index in [1.165, 1.54) is 0 Å². The molecule has 0 saturated heterocycles. The number of rotatable bonds is 7. The number of nitrogens with one attached hydrogen (secondary N) is 1. The van der Waals surface area contributed by atoms with E-state index in [0.29, 0.717) is 18.1 Å². The minimum absolute atomic E-state index is 0.657. The van der Waals surface area contributed by atoms with Gasteiger partial charge in [-0.1, -0.05) is 11.3 Å². The molecule has 0 fully saturated rings. The van der Waals surface area contributed by atoms with Crippen LogP contribution in [0.5, 0.6) is 17.2 Å². The summed E-state index contributed by atoms with van der Waals surface area (Å²) < 4.78 is 17.2. The van der Waals surface area contributed by atoms with Crippen molar-refractivity contribution in [2.45, 2.75) is 6.92 Å². The molecule has 0 aliphatic heterocycles. The average Bonchev–Trinajstić information content (AvgIpc) is 3.34. The predicted molar refractivity (Wildman–Crippen MR) is 115 cm³/mol. The molecule has 2 aromatic carbocycles. The molecule has 1 N–H and O–H groups in total. The standard InChI is InChI=1S/C20H19N3O3S2/c1-4-26-13-7-5-12(6-8-13)15-11-27-19(22-15)23-20-21-14-9-16(24-2)17(25-3)10-18(14)28-20/h5-11H,4H2,1-3H3,(H,21,22,23). The van der Waals surface area contributed by atoms with E-state index in [0.717, 1.165) is 37.5 Å². The fourth-order valence-electron chi connectivity index (χ4n) is 2.75. The number of fused-ring (bicyclic) bond motifs is 1. The summed E-state index contributed by atoms with van der Waals surface area (Å²) in [5, 5.41) is 6.89. The number of nitrogens with zero attached hydrogens (tertiary/aromatic N) is 2. The number of hydrogen-bond donors (Lipinski definition) is 1. The number of hydrogen-bond acceptors (Lipinski definition) is 8. The topological polar surface area (TPSA) is 65.5 Å². The first kappa shape index (κ1) is 18.5. The van der Waals surface area contributed by atoms with E-state index in [1.807, 2.05) is 48.7 Å². The second-order valence-electron chi connectivity index (χ2n) is 5.81. The van der Waals surface area contributed by atoms with Gasteiger partial charge in [0.1, 0.15) is 5.75 Å². The zero-order valence-electron chi connectivity index (χ0n) is 15.7. The first-order chi connectivity index (χ1) is 13.7. The maximum Gasteiger partial charge on any atom is 0.190 e. The first-order valence-corrected chi connectivity index (χ1v) is 10.4. The number of anilines is 2. The van der Waals surface area contributed by atoms with Crippen molar-refractivity contribution in [3.8, 4) is 28.5 Å². The second kappa shape index (κ2) is 8.04. The zero-order chi connectivity index (χ0) is 19.5. The quantitative estimate of drug-likeness (QED) is 0.427. The molecule has 0 saturated carbocycles. The summed E-state index contributed by atoms with van der Waals surface area (Å²) in [6, 6.07) is 11.8. The maximum absolute atomic E-state index is 5.49. The Morgan fingerprint density at radius 3 is 2.43 bits per heavy atom. The van der Waals surface area contributed by atoms with Gasteiger partial charge in [0.05, 0.1) is 36.7 Å². The van der Waals surface area contributed by atoms with Gasteiger partial charge in [-0.3, -0.25) is 0 Å². The Hall–Kier alpha value is -2.84. The monoisotopic (exact) mass is 413 g/mol. The van der Waals surface area contributed by atoms with Crippen molar-refractivity contribution in [2.24, 2.45) is 0 Å². The van der Waals surface area contributed by atoms with Gasteiger partial charge < -0.3 is 19.5 Å². The van der Waals surface area contributed by atoms with Crippen LogP contribution in [-0.2, 0) is 0 Å². The molecule has 4 rings (SSSR count). The summed E-state index contributed by atoms with van der Waals surface area (Å²) in [6.07, 6.45) is 0. The Kier molecular flexibility index (Phi) is 5.31. The van der Waals surface area contributed by atoms with Crippen molar-refractivity contribution < 1.29 is 14.2 Å². The summed E-state index contributed by atoms with van der Waals surface area (Å²) in [6.45, 7) is 2.63. The van der Waals surface area contributed by atoms with Crippen LogP contribution in [0.1, 0.15) is 6.92 Å². The summed E-state index contributed by atoms with van der Waals surface area (Å²) >= 11 is 3.09. The van der Waals surface area contributed by atoms with Crippen molar-refractivity contribution in [1.29, 1.82) is 0 Å². The van der Waals surface area contributed by atoms with Gasteiger partial charge in [-0.15, -0.1) is 11.3 Å². The summed E-state index contributed by atoms with van der Waals surface area (Å²) in [5.74, 6) is 2.22. The van der Waals surface area contributed by atoms with Crippen LogP contribution in [0.4, 0.5) is 10.3 Å². The SMILES string of the molecule is CCOc1ccc(-c2csc(Nc3nc4cc(OC)c(OC)cc4s3)n2)cc1. The fraction of sp³-hybridized carbons (Fsp3) is 0.200. The van der Waals surface area contributed by atoms with Crippen LogP contribution in [0.2, 0.25) is 0 Å². The van der Waals surface area contributed by atoms with Crippen LogP contribution in [0, 0.1) is 0 Å². The molecule has 2 heterocycles. The van der Waals surface area contributed by atoms with Crippen molar-refractivity contribution in [3.63, 3.8) is 0 Å². The molecule has 4 aromatic rings. The van der Waals surface area contributed by atoms with E-state index in [1.54, 1.807) is 36.9 Å². The Bertz CT molecular complexity index is 1050. The Morgan fingerprint density at radius 2 is 1.71 bits per heavy atom. The average molecular weight is 414 g/mol. The van der Waals surface area contributed by atoms with Gasteiger partial charge in [0, 0.05) is 23.1 Å². The Morgan fingerprint density at radius 1 is 0.964 bits per heavy atom. The van der Waals surface area contributed by atoms with Crippen molar-refractivity contribution in [3.05, 3.63) is 41.8 Å². The molecule has 0 aliphatic rings. The lowest BCUT2D eigenvalue weighted by Crippen LogP contribution is -1.91. The maximum atomic E-state index is 5.49. The highest BCUT2D eigenvalue weighted by molar-refractivity contribution is 7.22. The third-order valence-corrected chi connectivity index (χ3v) is 5.76. The summed E-state index contributed by atoms with van der Waals surface area (Å²) in [4.78, 5) is 9.30. The van der Waals surface area contributed by atoms with E-state index in [-0.39, 0.29) is 0 Å². The Balaban J connectivity index is 1.55. The van der Waals surface area contributed by atoms with Crippen LogP contribution in [-0.4, -0.2) is 30.8 Å². The number of thiazole rings is 2. The lowest BCUT2D eigenvalue weighted by atomic mass is 10.2. The molecule has 8 heteroatoms. The van der Waals surface area contributed by atoms with Crippen molar-refractivity contribution in [2.75, 3.05) is 26.1 Å². The van der Waals surface area contributed by atoms with Gasteiger partial charge in [-0.2, -0.15) is 0 Å². The smallest absolute Gasteiger partial charge is 0.190 e. The highest BCUT2D eigenvalue weighted by Gasteiger charge is 2.12. The number of ether oxygens (including phenoxy) is 3. The Labute approximate surface area is 170 Å². The van der Waals surface area contributed by atoms with Gasteiger partial charge in [0.25, 0.3) is 0 Å². The van der Waals surface area contributed by atoms with E-state index in [2.05, 4.69) is 15.3 Å². The number of aromatic nitrogens is 2. The molecule has 6 nitrogen and oxygen atoms in total. The lowest BCUT2D eigenvalue weighted by molar-refractivity contribution is 0.340. The molecule has 0 spiro atoms. The minimum atomic E-state index is 0.657. The van der Waals surface area contributed by atoms with Gasteiger partial charge >= 0.3 is 0 Å². The third-order valence-electron chi connectivity index (χ3n) is 4.07. The fourth-order valence-corrected chi connectivity index (χ4v) is 4.41. The summed E-state index contributed by atoms with van der Waals surface area (Å²) in [7, 11) is 3.25. The zero-order valence-corrected chi connectivity index (χ0v) is 17.3. The van der Waals surface area contributed by atoms with Gasteiger partial charge in [0.15, 0.2) is 21.8 Å². The molecular weight excluding hydrogens is 394 g/mol. The van der Waals surface area contributed by atoms with Crippen LogP contribution in [0.15, 0.2) is 41.8 Å². The molecule has 0 unspecified atom stereocenters.